The number of alkyl halides is 3. The van der Waals surface area contributed by atoms with E-state index >= 15 is 0 Å². The van der Waals surface area contributed by atoms with Gasteiger partial charge in [-0.3, -0.25) is 9.59 Å². The zero-order chi connectivity index (χ0) is 17.0. The Morgan fingerprint density at radius 2 is 2.00 bits per heavy atom. The first-order chi connectivity index (χ1) is 10.8. The Morgan fingerprint density at radius 3 is 2.65 bits per heavy atom. The SMILES string of the molecule is CCOc1ccccc1C(=O)Nc1cc(C(F)(F)F)c[nH]c1=O. The topological polar surface area (TPSA) is 71.2 Å². The second kappa shape index (κ2) is 6.55. The molecule has 8 heteroatoms. The van der Waals surface area contributed by atoms with Gasteiger partial charge in [-0.25, -0.2) is 0 Å². The maximum Gasteiger partial charge on any atom is 0.417 e. The zero-order valence-corrected chi connectivity index (χ0v) is 12.0. The molecule has 1 aromatic heterocycles. The number of para-hydroxylation sites is 1. The Morgan fingerprint density at radius 1 is 1.30 bits per heavy atom. The van der Waals surface area contributed by atoms with Gasteiger partial charge in [-0.05, 0) is 25.1 Å². The van der Waals surface area contributed by atoms with Crippen molar-refractivity contribution >= 4 is 11.6 Å². The smallest absolute Gasteiger partial charge is 0.417 e. The van der Waals surface area contributed by atoms with Crippen molar-refractivity contribution in [2.75, 3.05) is 11.9 Å². The summed E-state index contributed by atoms with van der Waals surface area (Å²) in [7, 11) is 0. The van der Waals surface area contributed by atoms with E-state index in [1.807, 2.05) is 4.98 Å². The lowest BCUT2D eigenvalue weighted by Gasteiger charge is -2.11. The van der Waals surface area contributed by atoms with Gasteiger partial charge in [0, 0.05) is 6.20 Å². The predicted octanol–water partition coefficient (Wildman–Crippen LogP) is 3.04. The Kier molecular flexibility index (Phi) is 4.73. The average Bonchev–Trinajstić information content (AvgIpc) is 2.49. The van der Waals surface area contributed by atoms with Crippen LogP contribution in [0.15, 0.2) is 41.3 Å². The molecular weight excluding hydrogens is 313 g/mol. The molecule has 0 saturated carbocycles. The van der Waals surface area contributed by atoms with Crippen LogP contribution in [0.1, 0.15) is 22.8 Å². The molecule has 0 unspecified atom stereocenters. The molecule has 0 saturated heterocycles. The van der Waals surface area contributed by atoms with Crippen LogP contribution in [0, 0.1) is 0 Å². The molecule has 0 fully saturated rings. The first kappa shape index (κ1) is 16.6. The number of halogens is 3. The van der Waals surface area contributed by atoms with E-state index in [0.29, 0.717) is 18.9 Å². The standard InChI is InChI=1S/C15H13F3N2O3/c1-2-23-12-6-4-3-5-10(12)13(21)20-11-7-9(15(16,17)18)8-19-14(11)22/h3-8H,2H2,1H3,(H,19,22)(H,20,21). The maximum atomic E-state index is 12.7. The second-order valence-corrected chi connectivity index (χ2v) is 4.51. The molecule has 2 rings (SSSR count). The van der Waals surface area contributed by atoms with Crippen molar-refractivity contribution in [2.45, 2.75) is 13.1 Å². The van der Waals surface area contributed by atoms with Crippen LogP contribution in [0.5, 0.6) is 5.75 Å². The molecule has 23 heavy (non-hydrogen) atoms. The molecule has 0 radical (unpaired) electrons. The molecule has 1 aromatic carbocycles. The Labute approximate surface area is 129 Å². The van der Waals surface area contributed by atoms with E-state index < -0.39 is 28.9 Å². The highest BCUT2D eigenvalue weighted by atomic mass is 19.4. The van der Waals surface area contributed by atoms with Crippen LogP contribution < -0.4 is 15.6 Å². The average molecular weight is 326 g/mol. The molecule has 0 aliphatic heterocycles. The first-order valence-electron chi connectivity index (χ1n) is 6.66. The molecule has 0 bridgehead atoms. The van der Waals surface area contributed by atoms with Gasteiger partial charge in [-0.15, -0.1) is 0 Å². The number of benzene rings is 1. The Balaban J connectivity index is 2.33. The molecule has 1 heterocycles. The van der Waals surface area contributed by atoms with Crippen molar-refractivity contribution in [1.29, 1.82) is 0 Å². The monoisotopic (exact) mass is 326 g/mol. The van der Waals surface area contributed by atoms with Crippen molar-refractivity contribution in [3.8, 4) is 5.75 Å². The molecular formula is C15H13F3N2O3. The van der Waals surface area contributed by atoms with Gasteiger partial charge in [0.1, 0.15) is 11.4 Å². The molecule has 2 aromatic rings. The highest BCUT2D eigenvalue weighted by Gasteiger charge is 2.31. The fraction of sp³-hybridized carbons (Fsp3) is 0.200. The van der Waals surface area contributed by atoms with Gasteiger partial charge in [0.05, 0.1) is 17.7 Å². The summed E-state index contributed by atoms with van der Waals surface area (Å²) in [4.78, 5) is 25.8. The van der Waals surface area contributed by atoms with Gasteiger partial charge >= 0.3 is 6.18 Å². The van der Waals surface area contributed by atoms with Gasteiger partial charge in [0.15, 0.2) is 0 Å². The highest BCUT2D eigenvalue weighted by Crippen LogP contribution is 2.29. The Hall–Kier alpha value is -2.77. The summed E-state index contributed by atoms with van der Waals surface area (Å²) in [6, 6.07) is 6.81. The van der Waals surface area contributed by atoms with Crippen molar-refractivity contribution < 1.29 is 22.7 Å². The highest BCUT2D eigenvalue weighted by molar-refractivity contribution is 6.06. The third kappa shape index (κ3) is 3.91. The first-order valence-corrected chi connectivity index (χ1v) is 6.66. The van der Waals surface area contributed by atoms with E-state index in [1.165, 1.54) is 6.07 Å². The van der Waals surface area contributed by atoms with Crippen LogP contribution in [0.2, 0.25) is 0 Å². The summed E-state index contributed by atoms with van der Waals surface area (Å²) in [6.07, 6.45) is -4.08. The van der Waals surface area contributed by atoms with Crippen LogP contribution in [-0.2, 0) is 6.18 Å². The molecule has 122 valence electrons. The number of hydrogen-bond acceptors (Lipinski definition) is 3. The summed E-state index contributed by atoms with van der Waals surface area (Å²) in [5.41, 5.74) is -2.27. The van der Waals surface area contributed by atoms with E-state index in [-0.39, 0.29) is 11.3 Å². The molecule has 0 aliphatic rings. The fourth-order valence-electron chi connectivity index (χ4n) is 1.87. The number of carbonyl (C=O) groups is 1. The second-order valence-electron chi connectivity index (χ2n) is 4.51. The molecule has 0 aliphatic carbocycles. The van der Waals surface area contributed by atoms with E-state index in [1.54, 1.807) is 25.1 Å². The van der Waals surface area contributed by atoms with Gasteiger partial charge in [0.25, 0.3) is 11.5 Å². The summed E-state index contributed by atoms with van der Waals surface area (Å²) in [6.45, 7) is 2.04. The number of anilines is 1. The van der Waals surface area contributed by atoms with Crippen molar-refractivity contribution in [3.63, 3.8) is 0 Å². The van der Waals surface area contributed by atoms with Crippen molar-refractivity contribution in [3.05, 3.63) is 58.0 Å². The quantitative estimate of drug-likeness (QED) is 0.907. The molecule has 5 nitrogen and oxygen atoms in total. The van der Waals surface area contributed by atoms with Crippen LogP contribution in [0.3, 0.4) is 0 Å². The number of amides is 1. The summed E-state index contributed by atoms with van der Waals surface area (Å²) < 4.78 is 43.3. The minimum Gasteiger partial charge on any atom is -0.493 e. The van der Waals surface area contributed by atoms with Crippen LogP contribution >= 0.6 is 0 Å². The van der Waals surface area contributed by atoms with Crippen LogP contribution in [-0.4, -0.2) is 17.5 Å². The maximum absolute atomic E-state index is 12.7. The van der Waals surface area contributed by atoms with E-state index in [0.717, 1.165) is 0 Å². The summed E-state index contributed by atoms with van der Waals surface area (Å²) in [5, 5.41) is 2.18. The van der Waals surface area contributed by atoms with Crippen LogP contribution in [0.4, 0.5) is 18.9 Å². The lowest BCUT2D eigenvalue weighted by atomic mass is 10.2. The van der Waals surface area contributed by atoms with E-state index in [2.05, 4.69) is 5.32 Å². The number of hydrogen-bond donors (Lipinski definition) is 2. The number of aromatic nitrogens is 1. The predicted molar refractivity (Wildman–Crippen MR) is 77.6 cm³/mol. The minimum absolute atomic E-state index is 0.117. The molecule has 2 N–H and O–H groups in total. The number of aromatic amines is 1. The largest absolute Gasteiger partial charge is 0.493 e. The lowest BCUT2D eigenvalue weighted by molar-refractivity contribution is -0.137. The number of pyridine rings is 1. The summed E-state index contributed by atoms with van der Waals surface area (Å²) in [5.74, 6) is -0.463. The molecule has 0 atom stereocenters. The van der Waals surface area contributed by atoms with E-state index in [9.17, 15) is 22.8 Å². The molecule has 0 spiro atoms. The van der Waals surface area contributed by atoms with E-state index in [4.69, 9.17) is 4.74 Å². The van der Waals surface area contributed by atoms with Gasteiger partial charge < -0.3 is 15.0 Å². The third-order valence-corrected chi connectivity index (χ3v) is 2.91. The normalized spacial score (nSPS) is 11.1. The fourth-order valence-corrected chi connectivity index (χ4v) is 1.87. The number of nitrogens with one attached hydrogen (secondary N) is 2. The number of carbonyl (C=O) groups excluding carboxylic acids is 1. The van der Waals surface area contributed by atoms with Gasteiger partial charge in [-0.2, -0.15) is 13.2 Å². The summed E-state index contributed by atoms with van der Waals surface area (Å²) >= 11 is 0. The number of H-pyrrole nitrogens is 1. The van der Waals surface area contributed by atoms with Gasteiger partial charge in [0.2, 0.25) is 0 Å². The van der Waals surface area contributed by atoms with Crippen molar-refractivity contribution in [2.24, 2.45) is 0 Å². The third-order valence-electron chi connectivity index (χ3n) is 2.91. The minimum atomic E-state index is -4.63. The Bertz CT molecular complexity index is 769. The van der Waals surface area contributed by atoms with Crippen molar-refractivity contribution in [1.82, 2.24) is 4.98 Å². The van der Waals surface area contributed by atoms with Crippen LogP contribution in [0.25, 0.3) is 0 Å². The number of ether oxygens (including phenoxy) is 1. The lowest BCUT2D eigenvalue weighted by Crippen LogP contribution is -2.22. The molecule has 1 amide bonds. The zero-order valence-electron chi connectivity index (χ0n) is 12.0. The van der Waals surface area contributed by atoms with Gasteiger partial charge in [-0.1, -0.05) is 12.1 Å². The number of rotatable bonds is 4.